The van der Waals surface area contributed by atoms with E-state index in [1.807, 2.05) is 53.3 Å². The molecule has 0 atom stereocenters. The lowest BCUT2D eigenvalue weighted by Gasteiger charge is -2.11. The van der Waals surface area contributed by atoms with Crippen molar-refractivity contribution in [3.05, 3.63) is 77.6 Å². The van der Waals surface area contributed by atoms with E-state index in [1.54, 1.807) is 20.4 Å². The molecule has 0 aliphatic carbocycles. The second kappa shape index (κ2) is 9.45. The number of urea groups is 1. The number of hydrogen-bond acceptors (Lipinski definition) is 4. The average Bonchev–Trinajstić information content (AvgIpc) is 3.23. The van der Waals surface area contributed by atoms with E-state index in [0.29, 0.717) is 31.1 Å². The van der Waals surface area contributed by atoms with E-state index in [9.17, 15) is 4.79 Å². The summed E-state index contributed by atoms with van der Waals surface area (Å²) in [5.74, 6) is 1.29. The second-order valence-electron chi connectivity index (χ2n) is 6.25. The van der Waals surface area contributed by atoms with Crippen LogP contribution in [0.15, 0.2) is 60.9 Å². The molecule has 7 heteroatoms. The molecular formula is C21H24N4O3. The first-order valence-corrected chi connectivity index (χ1v) is 8.96. The van der Waals surface area contributed by atoms with Crippen molar-refractivity contribution in [1.82, 2.24) is 20.4 Å². The third-order valence-electron chi connectivity index (χ3n) is 4.25. The molecule has 0 aliphatic heterocycles. The summed E-state index contributed by atoms with van der Waals surface area (Å²) in [5, 5.41) is 9.94. The van der Waals surface area contributed by atoms with E-state index in [1.165, 1.54) is 0 Å². The summed E-state index contributed by atoms with van der Waals surface area (Å²) in [6.45, 7) is 1.54. The van der Waals surface area contributed by atoms with Gasteiger partial charge in [-0.2, -0.15) is 5.10 Å². The maximum Gasteiger partial charge on any atom is 0.315 e. The monoisotopic (exact) mass is 380 g/mol. The minimum atomic E-state index is -0.229. The lowest BCUT2D eigenvalue weighted by atomic mass is 10.1. The molecule has 0 aliphatic rings. The van der Waals surface area contributed by atoms with E-state index in [4.69, 9.17) is 9.47 Å². The van der Waals surface area contributed by atoms with E-state index < -0.39 is 0 Å². The normalized spacial score (nSPS) is 10.4. The number of amides is 2. The fraction of sp³-hybridized carbons (Fsp3) is 0.238. The summed E-state index contributed by atoms with van der Waals surface area (Å²) < 4.78 is 12.4. The number of carbonyl (C=O) groups is 1. The van der Waals surface area contributed by atoms with Crippen molar-refractivity contribution >= 4 is 6.03 Å². The summed E-state index contributed by atoms with van der Waals surface area (Å²) in [7, 11) is 3.18. The van der Waals surface area contributed by atoms with Gasteiger partial charge in [0.1, 0.15) is 0 Å². The van der Waals surface area contributed by atoms with Gasteiger partial charge in [0.05, 0.1) is 20.8 Å². The van der Waals surface area contributed by atoms with Gasteiger partial charge in [-0.15, -0.1) is 0 Å². The van der Waals surface area contributed by atoms with Crippen LogP contribution in [0.25, 0.3) is 0 Å². The molecule has 3 rings (SSSR count). The Kier molecular flexibility index (Phi) is 6.51. The Morgan fingerprint density at radius 3 is 2.32 bits per heavy atom. The van der Waals surface area contributed by atoms with Crippen LogP contribution in [-0.2, 0) is 19.6 Å². The van der Waals surface area contributed by atoms with Gasteiger partial charge < -0.3 is 20.1 Å². The molecule has 1 heterocycles. The Balaban J connectivity index is 1.49. The van der Waals surface area contributed by atoms with Gasteiger partial charge in [-0.1, -0.05) is 30.3 Å². The topological polar surface area (TPSA) is 77.4 Å². The number of benzene rings is 2. The van der Waals surface area contributed by atoms with Crippen LogP contribution >= 0.6 is 0 Å². The van der Waals surface area contributed by atoms with E-state index in [2.05, 4.69) is 21.8 Å². The third kappa shape index (κ3) is 5.26. The van der Waals surface area contributed by atoms with Crippen molar-refractivity contribution in [1.29, 1.82) is 0 Å². The Morgan fingerprint density at radius 2 is 1.64 bits per heavy atom. The number of aromatic nitrogens is 2. The summed E-state index contributed by atoms with van der Waals surface area (Å²) >= 11 is 0. The first-order valence-electron chi connectivity index (χ1n) is 8.96. The fourth-order valence-electron chi connectivity index (χ4n) is 2.84. The summed E-state index contributed by atoms with van der Waals surface area (Å²) in [4.78, 5) is 12.1. The molecule has 7 nitrogen and oxygen atoms in total. The molecule has 0 unspecified atom stereocenters. The van der Waals surface area contributed by atoms with E-state index in [-0.39, 0.29) is 6.03 Å². The highest BCUT2D eigenvalue weighted by atomic mass is 16.5. The van der Waals surface area contributed by atoms with Gasteiger partial charge in [0, 0.05) is 25.5 Å². The van der Waals surface area contributed by atoms with Crippen molar-refractivity contribution < 1.29 is 14.3 Å². The van der Waals surface area contributed by atoms with Gasteiger partial charge in [-0.3, -0.25) is 4.68 Å². The minimum Gasteiger partial charge on any atom is -0.493 e. The smallest absolute Gasteiger partial charge is 0.315 e. The molecule has 146 valence electrons. The molecule has 2 amide bonds. The summed E-state index contributed by atoms with van der Waals surface area (Å²) in [5.41, 5.74) is 3.09. The standard InChI is InChI=1S/C21H24N4O3/c1-27-19-8-7-17(12-20(19)28-2)14-23-21(26)22-13-16-5-3-6-18(11-16)15-25-10-4-9-24-25/h3-12H,13-15H2,1-2H3,(H2,22,23,26). The number of rotatable bonds is 8. The van der Waals surface area contributed by atoms with Gasteiger partial charge >= 0.3 is 6.03 Å². The molecule has 0 bridgehead atoms. The zero-order valence-corrected chi connectivity index (χ0v) is 16.0. The van der Waals surface area contributed by atoms with Crippen LogP contribution in [0.5, 0.6) is 11.5 Å². The van der Waals surface area contributed by atoms with Crippen molar-refractivity contribution in [3.63, 3.8) is 0 Å². The molecule has 3 aromatic rings. The highest BCUT2D eigenvalue weighted by molar-refractivity contribution is 5.73. The van der Waals surface area contributed by atoms with Gasteiger partial charge in [0.15, 0.2) is 11.5 Å². The van der Waals surface area contributed by atoms with Crippen molar-refractivity contribution in [3.8, 4) is 11.5 Å². The maximum atomic E-state index is 12.1. The first kappa shape index (κ1) is 19.3. The molecule has 2 N–H and O–H groups in total. The van der Waals surface area contributed by atoms with Crippen LogP contribution in [-0.4, -0.2) is 30.0 Å². The van der Waals surface area contributed by atoms with E-state index >= 15 is 0 Å². The van der Waals surface area contributed by atoms with E-state index in [0.717, 1.165) is 16.7 Å². The van der Waals surface area contributed by atoms with Crippen LogP contribution in [0.3, 0.4) is 0 Å². The van der Waals surface area contributed by atoms with Crippen molar-refractivity contribution in [2.24, 2.45) is 0 Å². The molecule has 28 heavy (non-hydrogen) atoms. The molecule has 1 aromatic heterocycles. The highest BCUT2D eigenvalue weighted by Gasteiger charge is 2.06. The number of carbonyl (C=O) groups excluding carboxylic acids is 1. The molecule has 0 radical (unpaired) electrons. The Labute approximate surface area is 164 Å². The zero-order chi connectivity index (χ0) is 19.8. The maximum absolute atomic E-state index is 12.1. The number of nitrogens with one attached hydrogen (secondary N) is 2. The lowest BCUT2D eigenvalue weighted by molar-refractivity contribution is 0.240. The zero-order valence-electron chi connectivity index (χ0n) is 16.0. The van der Waals surface area contributed by atoms with Gasteiger partial charge in [0.25, 0.3) is 0 Å². The highest BCUT2D eigenvalue weighted by Crippen LogP contribution is 2.27. The SMILES string of the molecule is COc1ccc(CNC(=O)NCc2cccc(Cn3cccn3)c2)cc1OC. The van der Waals surface area contributed by atoms with Crippen LogP contribution in [0.2, 0.25) is 0 Å². The first-order chi connectivity index (χ1) is 13.7. The quantitative estimate of drug-likeness (QED) is 0.630. The Hall–Kier alpha value is -3.48. The Bertz CT molecular complexity index is 910. The van der Waals surface area contributed by atoms with Crippen molar-refractivity contribution in [2.75, 3.05) is 14.2 Å². The molecule has 0 spiro atoms. The predicted molar refractivity (Wildman–Crippen MR) is 106 cm³/mol. The summed E-state index contributed by atoms with van der Waals surface area (Å²) in [6, 6.07) is 15.3. The minimum absolute atomic E-state index is 0.229. The number of ether oxygens (including phenoxy) is 2. The fourth-order valence-corrected chi connectivity index (χ4v) is 2.84. The predicted octanol–water partition coefficient (Wildman–Crippen LogP) is 2.95. The molecule has 0 fully saturated rings. The second-order valence-corrected chi connectivity index (χ2v) is 6.25. The molecule has 0 saturated heterocycles. The number of methoxy groups -OCH3 is 2. The van der Waals surface area contributed by atoms with Gasteiger partial charge in [-0.25, -0.2) is 4.79 Å². The van der Waals surface area contributed by atoms with Crippen molar-refractivity contribution in [2.45, 2.75) is 19.6 Å². The summed E-state index contributed by atoms with van der Waals surface area (Å²) in [6.07, 6.45) is 3.68. The Morgan fingerprint density at radius 1 is 0.929 bits per heavy atom. The number of hydrogen-bond donors (Lipinski definition) is 2. The lowest BCUT2D eigenvalue weighted by Crippen LogP contribution is -2.34. The van der Waals surface area contributed by atoms with Gasteiger partial charge in [0.2, 0.25) is 0 Å². The van der Waals surface area contributed by atoms with Crippen LogP contribution < -0.4 is 20.1 Å². The number of nitrogens with zero attached hydrogens (tertiary/aromatic N) is 2. The van der Waals surface area contributed by atoms with Crippen LogP contribution in [0.1, 0.15) is 16.7 Å². The van der Waals surface area contributed by atoms with Gasteiger partial charge in [-0.05, 0) is 34.9 Å². The molecular weight excluding hydrogens is 356 g/mol. The largest absolute Gasteiger partial charge is 0.493 e. The third-order valence-corrected chi connectivity index (χ3v) is 4.25. The average molecular weight is 380 g/mol. The van der Waals surface area contributed by atoms with Crippen LogP contribution in [0, 0.1) is 0 Å². The molecule has 0 saturated carbocycles. The molecule has 2 aromatic carbocycles. The van der Waals surface area contributed by atoms with Crippen LogP contribution in [0.4, 0.5) is 4.79 Å².